The zero-order valence-electron chi connectivity index (χ0n) is 8.23. The van der Waals surface area contributed by atoms with Gasteiger partial charge < -0.3 is 9.84 Å². The van der Waals surface area contributed by atoms with Crippen molar-refractivity contribution in [1.82, 2.24) is 4.98 Å². The number of nitrogens with zero attached hydrogens (tertiary/aromatic N) is 1. The normalized spacial score (nSPS) is 12.1. The SMILES string of the molecule is CCOc1cncc([C@H](C)C(=O)O)c1. The van der Waals surface area contributed by atoms with Crippen LogP contribution in [0.1, 0.15) is 25.3 Å². The van der Waals surface area contributed by atoms with Crippen LogP contribution in [0, 0.1) is 0 Å². The first-order chi connectivity index (χ1) is 6.65. The molecule has 0 unspecified atom stereocenters. The van der Waals surface area contributed by atoms with Gasteiger partial charge in [-0.3, -0.25) is 9.78 Å². The smallest absolute Gasteiger partial charge is 0.310 e. The van der Waals surface area contributed by atoms with E-state index in [1.165, 1.54) is 0 Å². The average Bonchev–Trinajstić information content (AvgIpc) is 2.17. The largest absolute Gasteiger partial charge is 0.492 e. The van der Waals surface area contributed by atoms with Crippen LogP contribution in [0.3, 0.4) is 0 Å². The first-order valence-corrected chi connectivity index (χ1v) is 4.45. The summed E-state index contributed by atoms with van der Waals surface area (Å²) in [7, 11) is 0. The fraction of sp³-hybridized carbons (Fsp3) is 0.400. The number of rotatable bonds is 4. The molecule has 4 nitrogen and oxygen atoms in total. The molecule has 1 aromatic rings. The van der Waals surface area contributed by atoms with Gasteiger partial charge in [0.15, 0.2) is 0 Å². The van der Waals surface area contributed by atoms with E-state index in [9.17, 15) is 4.79 Å². The van der Waals surface area contributed by atoms with Crippen LogP contribution in [0.25, 0.3) is 0 Å². The number of carbonyl (C=O) groups is 1. The minimum atomic E-state index is -0.861. The summed E-state index contributed by atoms with van der Waals surface area (Å²) in [6, 6.07) is 1.70. The second-order valence-electron chi connectivity index (χ2n) is 2.95. The molecule has 76 valence electrons. The average molecular weight is 195 g/mol. The Morgan fingerprint density at radius 3 is 2.93 bits per heavy atom. The molecular formula is C10H13NO3. The lowest BCUT2D eigenvalue weighted by Gasteiger charge is -2.08. The molecule has 1 heterocycles. The van der Waals surface area contributed by atoms with Gasteiger partial charge in [-0.25, -0.2) is 0 Å². The van der Waals surface area contributed by atoms with Gasteiger partial charge in [0.2, 0.25) is 0 Å². The summed E-state index contributed by atoms with van der Waals surface area (Å²) in [6.45, 7) is 4.04. The Bertz CT molecular complexity index is 325. The predicted molar refractivity (Wildman–Crippen MR) is 51.5 cm³/mol. The van der Waals surface area contributed by atoms with Crippen LogP contribution in [0.4, 0.5) is 0 Å². The Morgan fingerprint density at radius 1 is 1.64 bits per heavy atom. The minimum absolute atomic E-state index is 0.548. The van der Waals surface area contributed by atoms with Crippen molar-refractivity contribution < 1.29 is 14.6 Å². The van der Waals surface area contributed by atoms with E-state index >= 15 is 0 Å². The third-order valence-corrected chi connectivity index (χ3v) is 1.92. The molecule has 0 radical (unpaired) electrons. The maximum atomic E-state index is 10.7. The predicted octanol–water partition coefficient (Wildman–Crippen LogP) is 1.67. The topological polar surface area (TPSA) is 59.4 Å². The van der Waals surface area contributed by atoms with E-state index in [1.54, 1.807) is 25.4 Å². The van der Waals surface area contributed by atoms with Crippen LogP contribution < -0.4 is 4.74 Å². The second kappa shape index (κ2) is 4.60. The Balaban J connectivity index is 2.87. The molecule has 1 aromatic heterocycles. The number of ether oxygens (including phenoxy) is 1. The van der Waals surface area contributed by atoms with Gasteiger partial charge in [0.05, 0.1) is 18.7 Å². The molecule has 0 bridgehead atoms. The van der Waals surface area contributed by atoms with Crippen molar-refractivity contribution in [3.63, 3.8) is 0 Å². The fourth-order valence-electron chi connectivity index (χ4n) is 1.06. The van der Waals surface area contributed by atoms with E-state index < -0.39 is 11.9 Å². The van der Waals surface area contributed by atoms with Crippen LogP contribution >= 0.6 is 0 Å². The second-order valence-corrected chi connectivity index (χ2v) is 2.95. The summed E-state index contributed by atoms with van der Waals surface area (Å²) in [6.07, 6.45) is 3.11. The summed E-state index contributed by atoms with van der Waals surface area (Å²) in [5.74, 6) is -0.804. The molecule has 0 saturated carbocycles. The lowest BCUT2D eigenvalue weighted by molar-refractivity contribution is -0.138. The maximum Gasteiger partial charge on any atom is 0.310 e. The van der Waals surface area contributed by atoms with Gasteiger partial charge >= 0.3 is 5.97 Å². The Kier molecular flexibility index (Phi) is 3.45. The first kappa shape index (κ1) is 10.5. The molecule has 1 N–H and O–H groups in total. The van der Waals surface area contributed by atoms with E-state index in [2.05, 4.69) is 4.98 Å². The van der Waals surface area contributed by atoms with Crippen molar-refractivity contribution in [3.05, 3.63) is 24.0 Å². The van der Waals surface area contributed by atoms with Gasteiger partial charge in [0.25, 0.3) is 0 Å². The Morgan fingerprint density at radius 2 is 2.36 bits per heavy atom. The van der Waals surface area contributed by atoms with Crippen molar-refractivity contribution in [2.45, 2.75) is 19.8 Å². The summed E-state index contributed by atoms with van der Waals surface area (Å²) in [5, 5.41) is 8.79. The van der Waals surface area contributed by atoms with Gasteiger partial charge in [-0.2, -0.15) is 0 Å². The van der Waals surface area contributed by atoms with Gasteiger partial charge in [-0.05, 0) is 25.5 Å². The zero-order valence-corrected chi connectivity index (χ0v) is 8.23. The summed E-state index contributed by atoms with van der Waals surface area (Å²) >= 11 is 0. The lowest BCUT2D eigenvalue weighted by atomic mass is 10.0. The summed E-state index contributed by atoms with van der Waals surface area (Å²) < 4.78 is 5.22. The molecule has 0 aromatic carbocycles. The van der Waals surface area contributed by atoms with Crippen LogP contribution in [0.5, 0.6) is 5.75 Å². The van der Waals surface area contributed by atoms with Crippen molar-refractivity contribution in [2.24, 2.45) is 0 Å². The zero-order chi connectivity index (χ0) is 10.6. The van der Waals surface area contributed by atoms with Gasteiger partial charge in [0.1, 0.15) is 5.75 Å². The molecule has 0 spiro atoms. The number of carboxylic acid groups (broad SMARTS) is 1. The highest BCUT2D eigenvalue weighted by Gasteiger charge is 2.14. The molecule has 1 atom stereocenters. The van der Waals surface area contributed by atoms with Crippen molar-refractivity contribution in [3.8, 4) is 5.75 Å². The molecule has 4 heteroatoms. The Hall–Kier alpha value is -1.58. The molecule has 0 aliphatic carbocycles. The van der Waals surface area contributed by atoms with Crippen LogP contribution in [-0.4, -0.2) is 22.7 Å². The molecule has 1 rings (SSSR count). The quantitative estimate of drug-likeness (QED) is 0.793. The van der Waals surface area contributed by atoms with Gasteiger partial charge in [-0.15, -0.1) is 0 Å². The molecule has 0 saturated heterocycles. The number of aliphatic carboxylic acids is 1. The number of pyridine rings is 1. The van der Waals surface area contributed by atoms with E-state index in [1.807, 2.05) is 6.92 Å². The van der Waals surface area contributed by atoms with Gasteiger partial charge in [-0.1, -0.05) is 0 Å². The van der Waals surface area contributed by atoms with Crippen LogP contribution in [0.15, 0.2) is 18.5 Å². The lowest BCUT2D eigenvalue weighted by Crippen LogP contribution is -2.08. The third-order valence-electron chi connectivity index (χ3n) is 1.92. The molecule has 0 amide bonds. The van der Waals surface area contributed by atoms with Crippen molar-refractivity contribution in [2.75, 3.05) is 6.61 Å². The third kappa shape index (κ3) is 2.45. The molecular weight excluding hydrogens is 182 g/mol. The van der Waals surface area contributed by atoms with Gasteiger partial charge in [0, 0.05) is 6.20 Å². The summed E-state index contributed by atoms with van der Waals surface area (Å²) in [4.78, 5) is 14.6. The van der Waals surface area contributed by atoms with E-state index in [0.717, 1.165) is 0 Å². The Labute approximate surface area is 82.5 Å². The highest BCUT2D eigenvalue weighted by molar-refractivity contribution is 5.75. The highest BCUT2D eigenvalue weighted by Crippen LogP contribution is 2.19. The standard InChI is InChI=1S/C10H13NO3/c1-3-14-9-4-8(5-11-6-9)7(2)10(12)13/h4-7H,3H2,1-2H3,(H,12,13)/t7-/m0/s1. The highest BCUT2D eigenvalue weighted by atomic mass is 16.5. The van der Waals surface area contributed by atoms with Crippen LogP contribution in [-0.2, 0) is 4.79 Å². The first-order valence-electron chi connectivity index (χ1n) is 4.45. The van der Waals surface area contributed by atoms with Crippen LogP contribution in [0.2, 0.25) is 0 Å². The maximum absolute atomic E-state index is 10.7. The van der Waals surface area contributed by atoms with E-state index in [4.69, 9.17) is 9.84 Å². The number of carboxylic acids is 1. The fourth-order valence-corrected chi connectivity index (χ4v) is 1.06. The van der Waals surface area contributed by atoms with Crippen molar-refractivity contribution in [1.29, 1.82) is 0 Å². The molecule has 0 aliphatic heterocycles. The molecule has 14 heavy (non-hydrogen) atoms. The minimum Gasteiger partial charge on any atom is -0.492 e. The monoisotopic (exact) mass is 195 g/mol. The number of hydrogen-bond donors (Lipinski definition) is 1. The molecule has 0 aliphatic rings. The van der Waals surface area contributed by atoms with E-state index in [0.29, 0.717) is 17.9 Å². The van der Waals surface area contributed by atoms with Crippen molar-refractivity contribution >= 4 is 5.97 Å². The van der Waals surface area contributed by atoms with E-state index in [-0.39, 0.29) is 0 Å². The number of hydrogen-bond acceptors (Lipinski definition) is 3. The molecule has 0 fully saturated rings. The summed E-state index contributed by atoms with van der Waals surface area (Å²) in [5.41, 5.74) is 0.656. The number of aromatic nitrogens is 1.